The Balaban J connectivity index is 1.32. The smallest absolute Gasteiger partial charge is 0.255 e. The van der Waals surface area contributed by atoms with Crippen LogP contribution in [0.15, 0.2) is 18.2 Å². The van der Waals surface area contributed by atoms with Gasteiger partial charge in [0.15, 0.2) is 0 Å². The van der Waals surface area contributed by atoms with Gasteiger partial charge in [-0.2, -0.15) is 0 Å². The van der Waals surface area contributed by atoms with Crippen molar-refractivity contribution in [1.29, 1.82) is 0 Å². The lowest BCUT2D eigenvalue weighted by Gasteiger charge is -2.29. The first kappa shape index (κ1) is 19.1. The number of nitrogens with zero attached hydrogens (tertiary/aromatic N) is 1. The monoisotopic (exact) mass is 383 g/mol. The Morgan fingerprint density at radius 3 is 2.64 bits per heavy atom. The number of benzene rings is 1. The third kappa shape index (κ3) is 4.12. The fourth-order valence-electron chi connectivity index (χ4n) is 4.72. The van der Waals surface area contributed by atoms with E-state index in [9.17, 15) is 14.4 Å². The van der Waals surface area contributed by atoms with Gasteiger partial charge in [-0.25, -0.2) is 0 Å². The van der Waals surface area contributed by atoms with Crippen LogP contribution < -0.4 is 10.6 Å². The number of amides is 3. The van der Waals surface area contributed by atoms with Gasteiger partial charge >= 0.3 is 0 Å². The molecule has 4 rings (SSSR count). The first-order chi connectivity index (χ1) is 13.6. The van der Waals surface area contributed by atoms with Crippen molar-refractivity contribution in [2.24, 2.45) is 5.92 Å². The Morgan fingerprint density at radius 2 is 1.86 bits per heavy atom. The molecule has 1 atom stereocenters. The van der Waals surface area contributed by atoms with Gasteiger partial charge in [0.25, 0.3) is 5.91 Å². The molecule has 1 aromatic carbocycles. The number of hydrogen-bond donors (Lipinski definition) is 2. The lowest BCUT2D eigenvalue weighted by atomic mass is 9.91. The van der Waals surface area contributed by atoms with Crippen LogP contribution in [0.2, 0.25) is 0 Å². The Bertz CT molecular complexity index is 770. The summed E-state index contributed by atoms with van der Waals surface area (Å²) in [6.07, 6.45) is 8.08. The molecular weight excluding hydrogens is 354 g/mol. The molecule has 0 aliphatic carbocycles. The van der Waals surface area contributed by atoms with Crippen molar-refractivity contribution in [2.45, 2.75) is 64.0 Å². The molecule has 1 aromatic rings. The first-order valence-corrected chi connectivity index (χ1v) is 10.6. The zero-order valence-corrected chi connectivity index (χ0v) is 16.3. The van der Waals surface area contributed by atoms with Crippen LogP contribution >= 0.6 is 0 Å². The van der Waals surface area contributed by atoms with Crippen LogP contribution in [0, 0.1) is 5.92 Å². The minimum atomic E-state index is -0.536. The molecule has 2 saturated heterocycles. The van der Waals surface area contributed by atoms with Gasteiger partial charge in [0, 0.05) is 18.5 Å². The van der Waals surface area contributed by atoms with Crippen LogP contribution in [-0.4, -0.2) is 41.8 Å². The molecule has 0 spiro atoms. The normalized spacial score (nSPS) is 23.1. The number of piperidine rings is 2. The predicted octanol–water partition coefficient (Wildman–Crippen LogP) is 2.16. The van der Waals surface area contributed by atoms with Crippen molar-refractivity contribution in [1.82, 2.24) is 15.5 Å². The molecule has 0 saturated carbocycles. The lowest BCUT2D eigenvalue weighted by Crippen LogP contribution is -2.52. The standard InChI is InChI=1S/C22H29N3O3/c26-20-8-7-19(21(27)24-20)25-14-17-13-16(5-6-18(17)22(25)28)4-2-1-3-15-9-11-23-12-10-15/h5-6,13,15,19,23H,1-4,7-12,14H2,(H,24,26,27). The summed E-state index contributed by atoms with van der Waals surface area (Å²) in [7, 11) is 0. The van der Waals surface area contributed by atoms with Crippen molar-refractivity contribution in [3.05, 3.63) is 34.9 Å². The summed E-state index contributed by atoms with van der Waals surface area (Å²) in [5, 5.41) is 5.77. The number of rotatable bonds is 6. The van der Waals surface area contributed by atoms with Gasteiger partial charge in [-0.05, 0) is 68.3 Å². The highest BCUT2D eigenvalue weighted by Crippen LogP contribution is 2.29. The fraction of sp³-hybridized carbons (Fsp3) is 0.591. The SMILES string of the molecule is O=C1CCC(N2Cc3cc(CCCCC4CCNCC4)ccc3C2=O)C(=O)N1. The average Bonchev–Trinajstić information content (AvgIpc) is 3.02. The Morgan fingerprint density at radius 1 is 1.04 bits per heavy atom. The van der Waals surface area contributed by atoms with Crippen LogP contribution in [0.5, 0.6) is 0 Å². The number of aryl methyl sites for hydroxylation is 1. The summed E-state index contributed by atoms with van der Waals surface area (Å²) in [6.45, 7) is 2.78. The Kier molecular flexibility index (Phi) is 5.76. The van der Waals surface area contributed by atoms with Gasteiger partial charge in [0.2, 0.25) is 11.8 Å². The third-order valence-electron chi connectivity index (χ3n) is 6.37. The Labute approximate surface area is 166 Å². The maximum atomic E-state index is 12.7. The number of imide groups is 1. The average molecular weight is 383 g/mol. The van der Waals surface area contributed by atoms with Gasteiger partial charge in [0.1, 0.15) is 6.04 Å². The molecule has 3 aliphatic heterocycles. The quantitative estimate of drug-likeness (QED) is 0.583. The molecule has 1 unspecified atom stereocenters. The summed E-state index contributed by atoms with van der Waals surface area (Å²) < 4.78 is 0. The van der Waals surface area contributed by atoms with Crippen molar-refractivity contribution < 1.29 is 14.4 Å². The van der Waals surface area contributed by atoms with E-state index in [4.69, 9.17) is 0 Å². The molecule has 3 amide bonds. The van der Waals surface area contributed by atoms with E-state index in [-0.39, 0.29) is 17.7 Å². The Hall–Kier alpha value is -2.21. The minimum absolute atomic E-state index is 0.0954. The second-order valence-electron chi connectivity index (χ2n) is 8.33. The molecule has 3 aliphatic rings. The van der Waals surface area contributed by atoms with Crippen molar-refractivity contribution in [2.75, 3.05) is 13.1 Å². The van der Waals surface area contributed by atoms with E-state index in [1.54, 1.807) is 4.90 Å². The van der Waals surface area contributed by atoms with Crippen LogP contribution in [0.25, 0.3) is 0 Å². The zero-order valence-electron chi connectivity index (χ0n) is 16.3. The topological polar surface area (TPSA) is 78.5 Å². The van der Waals surface area contributed by atoms with E-state index < -0.39 is 6.04 Å². The number of carbonyl (C=O) groups excluding carboxylic acids is 3. The second-order valence-corrected chi connectivity index (χ2v) is 8.33. The summed E-state index contributed by atoms with van der Waals surface area (Å²) in [4.78, 5) is 37.8. The molecule has 2 fully saturated rings. The van der Waals surface area contributed by atoms with Crippen LogP contribution in [-0.2, 0) is 22.6 Å². The molecule has 0 aromatic heterocycles. The summed E-state index contributed by atoms with van der Waals surface area (Å²) in [5.41, 5.74) is 2.97. The predicted molar refractivity (Wildman–Crippen MR) is 106 cm³/mol. The number of hydrogen-bond acceptors (Lipinski definition) is 4. The van der Waals surface area contributed by atoms with Crippen LogP contribution in [0.3, 0.4) is 0 Å². The minimum Gasteiger partial charge on any atom is -0.322 e. The first-order valence-electron chi connectivity index (χ1n) is 10.6. The largest absolute Gasteiger partial charge is 0.322 e. The molecule has 6 nitrogen and oxygen atoms in total. The van der Waals surface area contributed by atoms with E-state index in [2.05, 4.69) is 22.8 Å². The molecule has 0 bridgehead atoms. The number of nitrogens with one attached hydrogen (secondary N) is 2. The van der Waals surface area contributed by atoms with Crippen molar-refractivity contribution in [3.63, 3.8) is 0 Å². The highest BCUT2D eigenvalue weighted by Gasteiger charge is 2.38. The van der Waals surface area contributed by atoms with Gasteiger partial charge in [-0.15, -0.1) is 0 Å². The fourth-order valence-corrected chi connectivity index (χ4v) is 4.72. The van der Waals surface area contributed by atoms with Gasteiger partial charge in [-0.3, -0.25) is 19.7 Å². The van der Waals surface area contributed by atoms with E-state index >= 15 is 0 Å². The van der Waals surface area contributed by atoms with Crippen molar-refractivity contribution >= 4 is 17.7 Å². The molecule has 6 heteroatoms. The van der Waals surface area contributed by atoms with Crippen molar-refractivity contribution in [3.8, 4) is 0 Å². The number of fused-ring (bicyclic) bond motifs is 1. The van der Waals surface area contributed by atoms with Crippen LogP contribution in [0.1, 0.15) is 66.4 Å². The molecule has 150 valence electrons. The van der Waals surface area contributed by atoms with E-state index in [0.29, 0.717) is 24.9 Å². The lowest BCUT2D eigenvalue weighted by molar-refractivity contribution is -0.136. The van der Waals surface area contributed by atoms with Crippen LogP contribution in [0.4, 0.5) is 0 Å². The van der Waals surface area contributed by atoms with E-state index in [1.165, 1.54) is 37.7 Å². The van der Waals surface area contributed by atoms with Gasteiger partial charge in [0.05, 0.1) is 0 Å². The van der Waals surface area contributed by atoms with E-state index in [0.717, 1.165) is 31.0 Å². The van der Waals surface area contributed by atoms with E-state index in [1.807, 2.05) is 6.07 Å². The van der Waals surface area contributed by atoms with Gasteiger partial charge < -0.3 is 10.2 Å². The third-order valence-corrected chi connectivity index (χ3v) is 6.37. The highest BCUT2D eigenvalue weighted by molar-refractivity contribution is 6.05. The maximum absolute atomic E-state index is 12.7. The molecule has 0 radical (unpaired) electrons. The molecule has 3 heterocycles. The second kappa shape index (κ2) is 8.43. The zero-order chi connectivity index (χ0) is 19.5. The summed E-state index contributed by atoms with van der Waals surface area (Å²) in [5.74, 6) is 0.177. The summed E-state index contributed by atoms with van der Waals surface area (Å²) >= 11 is 0. The maximum Gasteiger partial charge on any atom is 0.255 e. The number of carbonyl (C=O) groups is 3. The molecular formula is C22H29N3O3. The molecule has 28 heavy (non-hydrogen) atoms. The number of unbranched alkanes of at least 4 members (excludes halogenated alkanes) is 1. The molecule has 2 N–H and O–H groups in total. The summed E-state index contributed by atoms with van der Waals surface area (Å²) in [6, 6.07) is 5.55. The highest BCUT2D eigenvalue weighted by atomic mass is 16.2. The van der Waals surface area contributed by atoms with Gasteiger partial charge in [-0.1, -0.05) is 25.0 Å².